The summed E-state index contributed by atoms with van der Waals surface area (Å²) in [7, 11) is 1.83. The highest BCUT2D eigenvalue weighted by atomic mass is 19.1. The first-order valence-corrected chi connectivity index (χ1v) is 10.2. The van der Waals surface area contributed by atoms with E-state index in [4.69, 9.17) is 9.15 Å². The predicted molar refractivity (Wildman–Crippen MR) is 109 cm³/mol. The summed E-state index contributed by atoms with van der Waals surface area (Å²) in [5.74, 6) is 1.18. The fourth-order valence-corrected chi connectivity index (χ4v) is 3.96. The molecular formula is C21H28FN5O2. The van der Waals surface area contributed by atoms with E-state index < -0.39 is 0 Å². The van der Waals surface area contributed by atoms with Crippen molar-refractivity contribution in [3.8, 4) is 11.5 Å². The van der Waals surface area contributed by atoms with Gasteiger partial charge in [0.2, 0.25) is 5.89 Å². The summed E-state index contributed by atoms with van der Waals surface area (Å²) >= 11 is 0. The number of hydrogen-bond acceptors (Lipinski definition) is 5. The molecule has 0 bridgehead atoms. The van der Waals surface area contributed by atoms with Crippen molar-refractivity contribution in [1.29, 1.82) is 0 Å². The number of rotatable bonds is 5. The van der Waals surface area contributed by atoms with Crippen LogP contribution in [-0.2, 0) is 11.2 Å². The van der Waals surface area contributed by atoms with Gasteiger partial charge in [-0.3, -0.25) is 9.89 Å². The second-order valence-electron chi connectivity index (χ2n) is 7.41. The van der Waals surface area contributed by atoms with Gasteiger partial charge in [-0.1, -0.05) is 0 Å². The third kappa shape index (κ3) is 4.94. The molecule has 3 heterocycles. The summed E-state index contributed by atoms with van der Waals surface area (Å²) < 4.78 is 24.1. The van der Waals surface area contributed by atoms with Crippen LogP contribution < -0.4 is 5.32 Å². The average Bonchev–Trinajstić information content (AvgIpc) is 3.43. The van der Waals surface area contributed by atoms with Gasteiger partial charge in [0.25, 0.3) is 0 Å². The zero-order valence-electron chi connectivity index (χ0n) is 16.8. The monoisotopic (exact) mass is 401 g/mol. The topological polar surface area (TPSA) is 66.1 Å². The Kier molecular flexibility index (Phi) is 6.41. The van der Waals surface area contributed by atoms with Crippen LogP contribution in [0, 0.1) is 5.82 Å². The first-order chi connectivity index (χ1) is 14.2. The molecule has 2 aliphatic heterocycles. The Balaban J connectivity index is 1.26. The van der Waals surface area contributed by atoms with Crippen LogP contribution in [0.3, 0.4) is 0 Å². The maximum absolute atomic E-state index is 13.1. The van der Waals surface area contributed by atoms with E-state index in [1.165, 1.54) is 12.1 Å². The standard InChI is InChI=1S/C21H28FN5O2/c1-23-21(27-9-7-19(14-27)26-10-12-28-13-11-26)24-8-6-18-15-29-20(25-18)16-2-4-17(22)5-3-16/h2-5,15,19H,6-14H2,1H3,(H,23,24). The van der Waals surface area contributed by atoms with Crippen molar-refractivity contribution in [1.82, 2.24) is 20.1 Å². The number of guanidine groups is 1. The van der Waals surface area contributed by atoms with E-state index in [0.717, 1.165) is 76.0 Å². The number of oxazole rings is 1. The number of benzene rings is 1. The Bertz CT molecular complexity index is 817. The highest BCUT2D eigenvalue weighted by Gasteiger charge is 2.30. The Morgan fingerprint density at radius 3 is 2.79 bits per heavy atom. The van der Waals surface area contributed by atoms with Crippen LogP contribution in [0.4, 0.5) is 4.39 Å². The molecule has 2 aliphatic rings. The van der Waals surface area contributed by atoms with E-state index in [1.807, 2.05) is 7.05 Å². The van der Waals surface area contributed by atoms with Crippen molar-refractivity contribution in [2.45, 2.75) is 18.9 Å². The molecular weight excluding hydrogens is 373 g/mol. The molecule has 1 unspecified atom stereocenters. The van der Waals surface area contributed by atoms with Gasteiger partial charge in [0.15, 0.2) is 5.96 Å². The second kappa shape index (κ2) is 9.37. The fourth-order valence-electron chi connectivity index (χ4n) is 3.96. The smallest absolute Gasteiger partial charge is 0.226 e. The summed E-state index contributed by atoms with van der Waals surface area (Å²) in [5.41, 5.74) is 1.63. The van der Waals surface area contributed by atoms with Gasteiger partial charge in [0, 0.05) is 57.8 Å². The van der Waals surface area contributed by atoms with Crippen molar-refractivity contribution in [3.63, 3.8) is 0 Å². The molecule has 8 heteroatoms. The molecule has 0 aliphatic carbocycles. The highest BCUT2D eigenvalue weighted by Crippen LogP contribution is 2.19. The number of hydrogen-bond donors (Lipinski definition) is 1. The lowest BCUT2D eigenvalue weighted by Gasteiger charge is -2.32. The van der Waals surface area contributed by atoms with Crippen molar-refractivity contribution >= 4 is 5.96 Å². The molecule has 1 atom stereocenters. The zero-order chi connectivity index (χ0) is 20.1. The average molecular weight is 401 g/mol. The first-order valence-electron chi connectivity index (χ1n) is 10.2. The quantitative estimate of drug-likeness (QED) is 0.611. The molecule has 0 spiro atoms. The number of nitrogens with one attached hydrogen (secondary N) is 1. The van der Waals surface area contributed by atoms with E-state index in [9.17, 15) is 4.39 Å². The first kappa shape index (κ1) is 19.8. The van der Waals surface area contributed by atoms with Crippen LogP contribution >= 0.6 is 0 Å². The SMILES string of the molecule is CN=C(NCCc1coc(-c2ccc(F)cc2)n1)N1CCC(N2CCOCC2)C1. The molecule has 29 heavy (non-hydrogen) atoms. The number of morpholine rings is 1. The molecule has 2 saturated heterocycles. The predicted octanol–water partition coefficient (Wildman–Crippen LogP) is 2.01. The van der Waals surface area contributed by atoms with Gasteiger partial charge in [-0.2, -0.15) is 0 Å². The van der Waals surface area contributed by atoms with Crippen LogP contribution in [0.15, 0.2) is 39.9 Å². The molecule has 2 aromatic rings. The molecule has 156 valence electrons. The molecule has 2 fully saturated rings. The van der Waals surface area contributed by atoms with Crippen molar-refractivity contribution in [2.24, 2.45) is 4.99 Å². The number of nitrogens with zero attached hydrogens (tertiary/aromatic N) is 4. The summed E-state index contributed by atoms with van der Waals surface area (Å²) in [6.45, 7) is 6.45. The van der Waals surface area contributed by atoms with E-state index >= 15 is 0 Å². The van der Waals surface area contributed by atoms with E-state index in [0.29, 0.717) is 11.9 Å². The van der Waals surface area contributed by atoms with Crippen molar-refractivity contribution in [2.75, 3.05) is 53.0 Å². The number of likely N-dealkylation sites (tertiary alicyclic amines) is 1. The van der Waals surface area contributed by atoms with Crippen molar-refractivity contribution < 1.29 is 13.5 Å². The van der Waals surface area contributed by atoms with Gasteiger partial charge in [-0.15, -0.1) is 0 Å². The minimum atomic E-state index is -0.270. The van der Waals surface area contributed by atoms with Gasteiger partial charge in [0.05, 0.1) is 18.9 Å². The Morgan fingerprint density at radius 1 is 1.24 bits per heavy atom. The van der Waals surface area contributed by atoms with Gasteiger partial charge >= 0.3 is 0 Å². The number of ether oxygens (including phenoxy) is 1. The number of halogens is 1. The summed E-state index contributed by atoms with van der Waals surface area (Å²) in [6, 6.07) is 6.73. The highest BCUT2D eigenvalue weighted by molar-refractivity contribution is 5.80. The molecule has 1 aromatic carbocycles. The van der Waals surface area contributed by atoms with Crippen LogP contribution in [0.25, 0.3) is 11.5 Å². The van der Waals surface area contributed by atoms with Gasteiger partial charge in [0.1, 0.15) is 12.1 Å². The van der Waals surface area contributed by atoms with Gasteiger partial charge in [-0.25, -0.2) is 9.37 Å². The van der Waals surface area contributed by atoms with Gasteiger partial charge < -0.3 is 19.4 Å². The number of aromatic nitrogens is 1. The van der Waals surface area contributed by atoms with Gasteiger partial charge in [-0.05, 0) is 30.7 Å². The third-order valence-corrected chi connectivity index (χ3v) is 5.54. The molecule has 0 radical (unpaired) electrons. The molecule has 0 amide bonds. The van der Waals surface area contributed by atoms with E-state index in [1.54, 1.807) is 18.4 Å². The molecule has 1 aromatic heterocycles. The Morgan fingerprint density at radius 2 is 2.03 bits per heavy atom. The largest absolute Gasteiger partial charge is 0.444 e. The summed E-state index contributed by atoms with van der Waals surface area (Å²) in [5, 5.41) is 3.44. The third-order valence-electron chi connectivity index (χ3n) is 5.54. The molecule has 0 saturated carbocycles. The minimum absolute atomic E-state index is 0.270. The Hall–Kier alpha value is -2.45. The summed E-state index contributed by atoms with van der Waals surface area (Å²) in [6.07, 6.45) is 3.54. The van der Waals surface area contributed by atoms with E-state index in [2.05, 4.69) is 25.1 Å². The maximum atomic E-state index is 13.1. The molecule has 7 nitrogen and oxygen atoms in total. The molecule has 1 N–H and O–H groups in total. The number of aliphatic imine (C=N–C) groups is 1. The lowest BCUT2D eigenvalue weighted by molar-refractivity contribution is 0.0195. The van der Waals surface area contributed by atoms with Crippen molar-refractivity contribution in [3.05, 3.63) is 42.0 Å². The van der Waals surface area contributed by atoms with Crippen LogP contribution in [0.2, 0.25) is 0 Å². The lowest BCUT2D eigenvalue weighted by Crippen LogP contribution is -2.46. The fraction of sp³-hybridized carbons (Fsp3) is 0.524. The van der Waals surface area contributed by atoms with Crippen LogP contribution in [0.5, 0.6) is 0 Å². The van der Waals surface area contributed by atoms with Crippen LogP contribution in [-0.4, -0.2) is 79.8 Å². The lowest BCUT2D eigenvalue weighted by atomic mass is 10.2. The van der Waals surface area contributed by atoms with E-state index in [-0.39, 0.29) is 5.82 Å². The summed E-state index contributed by atoms with van der Waals surface area (Å²) in [4.78, 5) is 13.8. The molecule has 4 rings (SSSR count). The maximum Gasteiger partial charge on any atom is 0.226 e. The van der Waals surface area contributed by atoms with Crippen LogP contribution in [0.1, 0.15) is 12.1 Å². The zero-order valence-corrected chi connectivity index (χ0v) is 16.8. The normalized spacial score (nSPS) is 21.0. The minimum Gasteiger partial charge on any atom is -0.444 e. The second-order valence-corrected chi connectivity index (χ2v) is 7.41. The Labute approximate surface area is 170 Å².